The van der Waals surface area contributed by atoms with Crippen LogP contribution in [0.3, 0.4) is 0 Å². The van der Waals surface area contributed by atoms with E-state index in [1.807, 2.05) is 0 Å². The second-order valence-electron chi connectivity index (χ2n) is 5.44. The molecule has 2 aromatic rings. The second kappa shape index (κ2) is 8.01. The van der Waals surface area contributed by atoms with E-state index in [-0.39, 0.29) is 17.4 Å². The summed E-state index contributed by atoms with van der Waals surface area (Å²) in [7, 11) is 0. The number of carbonyl (C=O) groups is 2. The number of rotatable bonds is 5. The third-order valence-electron chi connectivity index (χ3n) is 3.21. The van der Waals surface area contributed by atoms with E-state index in [2.05, 4.69) is 15.8 Å². The zero-order valence-electron chi connectivity index (χ0n) is 13.4. The highest BCUT2D eigenvalue weighted by Gasteiger charge is 2.08. The van der Waals surface area contributed by atoms with Gasteiger partial charge in [-0.1, -0.05) is 32.0 Å². The summed E-state index contributed by atoms with van der Waals surface area (Å²) in [5, 5.41) is 6.47. The number of hydrogen-bond donors (Lipinski definition) is 2. The van der Waals surface area contributed by atoms with Crippen molar-refractivity contribution in [2.24, 2.45) is 11.0 Å². The Morgan fingerprint density at radius 1 is 1.08 bits per heavy atom. The highest BCUT2D eigenvalue weighted by atomic mass is 19.1. The molecule has 0 aromatic heterocycles. The minimum absolute atomic E-state index is 0.0957. The summed E-state index contributed by atoms with van der Waals surface area (Å²) in [4.78, 5) is 23.6. The van der Waals surface area contributed by atoms with Gasteiger partial charge in [0.25, 0.3) is 5.91 Å². The van der Waals surface area contributed by atoms with Gasteiger partial charge in [0.15, 0.2) is 0 Å². The summed E-state index contributed by atoms with van der Waals surface area (Å²) in [6.07, 6.45) is 1.24. The number of anilines is 1. The van der Waals surface area contributed by atoms with E-state index in [4.69, 9.17) is 0 Å². The lowest BCUT2D eigenvalue weighted by atomic mass is 10.1. The fraction of sp³-hybridized carbons (Fsp3) is 0.167. The molecule has 0 fully saturated rings. The number of carbonyl (C=O) groups excluding carboxylic acids is 2. The summed E-state index contributed by atoms with van der Waals surface area (Å²) in [6, 6.07) is 12.5. The molecule has 2 rings (SSSR count). The number of nitrogens with one attached hydrogen (secondary N) is 2. The van der Waals surface area contributed by atoms with E-state index < -0.39 is 11.7 Å². The molecule has 2 aromatic carbocycles. The van der Waals surface area contributed by atoms with Gasteiger partial charge in [0.1, 0.15) is 5.82 Å². The van der Waals surface area contributed by atoms with Gasteiger partial charge in [-0.05, 0) is 30.3 Å². The molecule has 0 aliphatic heterocycles. The highest BCUT2D eigenvalue weighted by Crippen LogP contribution is 2.11. The van der Waals surface area contributed by atoms with E-state index in [1.165, 1.54) is 12.3 Å². The van der Waals surface area contributed by atoms with E-state index in [9.17, 15) is 14.0 Å². The van der Waals surface area contributed by atoms with Gasteiger partial charge in [-0.2, -0.15) is 5.10 Å². The van der Waals surface area contributed by atoms with Crippen LogP contribution in [0.1, 0.15) is 29.8 Å². The number of nitrogens with zero attached hydrogens (tertiary/aromatic N) is 1. The van der Waals surface area contributed by atoms with Gasteiger partial charge in [-0.3, -0.25) is 9.59 Å². The standard InChI is InChI=1S/C18H18FN3O2/c1-12(2)17(23)21-15-9-7-13(8-10-15)18(24)22-20-11-14-5-3-4-6-16(14)19/h3-12H,1-2H3,(H,21,23)(H,22,24). The minimum Gasteiger partial charge on any atom is -0.326 e. The highest BCUT2D eigenvalue weighted by molar-refractivity contribution is 5.96. The van der Waals surface area contributed by atoms with E-state index in [0.29, 0.717) is 11.3 Å². The number of hydrazone groups is 1. The first-order valence-electron chi connectivity index (χ1n) is 7.46. The SMILES string of the molecule is CC(C)C(=O)Nc1ccc(C(=O)NN=Cc2ccccc2F)cc1. The Morgan fingerprint density at radius 3 is 2.38 bits per heavy atom. The first-order valence-corrected chi connectivity index (χ1v) is 7.46. The van der Waals surface area contributed by atoms with Crippen LogP contribution in [0.5, 0.6) is 0 Å². The lowest BCUT2D eigenvalue weighted by molar-refractivity contribution is -0.118. The van der Waals surface area contributed by atoms with Crippen LogP contribution in [0.4, 0.5) is 10.1 Å². The molecule has 0 bridgehead atoms. The molecule has 0 aliphatic rings. The van der Waals surface area contributed by atoms with Gasteiger partial charge in [-0.15, -0.1) is 0 Å². The van der Waals surface area contributed by atoms with Gasteiger partial charge in [0.2, 0.25) is 5.91 Å². The molecule has 0 saturated heterocycles. The fourth-order valence-corrected chi connectivity index (χ4v) is 1.80. The van der Waals surface area contributed by atoms with Crippen molar-refractivity contribution in [2.45, 2.75) is 13.8 Å². The van der Waals surface area contributed by atoms with Gasteiger partial charge < -0.3 is 5.32 Å². The molecule has 2 amide bonds. The second-order valence-corrected chi connectivity index (χ2v) is 5.44. The van der Waals surface area contributed by atoms with Crippen molar-refractivity contribution >= 4 is 23.7 Å². The average molecular weight is 327 g/mol. The Hall–Kier alpha value is -3.02. The summed E-state index contributed by atoms with van der Waals surface area (Å²) >= 11 is 0. The molecule has 0 aliphatic carbocycles. The molecular formula is C18H18FN3O2. The molecule has 124 valence electrons. The van der Waals surface area contributed by atoms with E-state index in [0.717, 1.165) is 0 Å². The quantitative estimate of drug-likeness (QED) is 0.654. The van der Waals surface area contributed by atoms with Crippen LogP contribution in [-0.4, -0.2) is 18.0 Å². The molecule has 6 heteroatoms. The minimum atomic E-state index is -0.427. The molecule has 0 spiro atoms. The van der Waals surface area contributed by atoms with E-state index >= 15 is 0 Å². The Balaban J connectivity index is 1.95. The Morgan fingerprint density at radius 2 is 1.75 bits per heavy atom. The average Bonchev–Trinajstić information content (AvgIpc) is 2.57. The van der Waals surface area contributed by atoms with Gasteiger partial charge >= 0.3 is 0 Å². The largest absolute Gasteiger partial charge is 0.326 e. The van der Waals surface area contributed by atoms with Gasteiger partial charge in [0.05, 0.1) is 6.21 Å². The normalized spacial score (nSPS) is 10.8. The van der Waals surface area contributed by atoms with Crippen molar-refractivity contribution in [3.8, 4) is 0 Å². The van der Waals surface area contributed by atoms with Crippen LogP contribution in [-0.2, 0) is 4.79 Å². The van der Waals surface area contributed by atoms with Gasteiger partial charge in [-0.25, -0.2) is 9.82 Å². The number of halogens is 1. The maximum Gasteiger partial charge on any atom is 0.271 e. The van der Waals surface area contributed by atoms with E-state index in [1.54, 1.807) is 56.3 Å². The number of amides is 2. The molecule has 0 unspecified atom stereocenters. The Kier molecular flexibility index (Phi) is 5.78. The predicted molar refractivity (Wildman–Crippen MR) is 91.4 cm³/mol. The lowest BCUT2D eigenvalue weighted by Crippen LogP contribution is -2.19. The smallest absolute Gasteiger partial charge is 0.271 e. The van der Waals surface area contributed by atoms with Crippen molar-refractivity contribution < 1.29 is 14.0 Å². The molecule has 0 saturated carbocycles. The number of hydrogen-bond acceptors (Lipinski definition) is 3. The van der Waals surface area contributed by atoms with Crippen LogP contribution in [0.2, 0.25) is 0 Å². The maximum atomic E-state index is 13.4. The molecule has 5 nitrogen and oxygen atoms in total. The first kappa shape index (κ1) is 17.3. The first-order chi connectivity index (χ1) is 11.5. The monoisotopic (exact) mass is 327 g/mol. The van der Waals surface area contributed by atoms with Crippen LogP contribution in [0.15, 0.2) is 53.6 Å². The van der Waals surface area contributed by atoms with Crippen LogP contribution in [0, 0.1) is 11.7 Å². The van der Waals surface area contributed by atoms with Gasteiger partial charge in [0, 0.05) is 22.7 Å². The summed E-state index contributed by atoms with van der Waals surface area (Å²) in [5.74, 6) is -1.06. The fourth-order valence-electron chi connectivity index (χ4n) is 1.80. The van der Waals surface area contributed by atoms with Crippen LogP contribution >= 0.6 is 0 Å². The molecular weight excluding hydrogens is 309 g/mol. The van der Waals surface area contributed by atoms with Crippen molar-refractivity contribution in [2.75, 3.05) is 5.32 Å². The van der Waals surface area contributed by atoms with Crippen molar-refractivity contribution in [3.63, 3.8) is 0 Å². The molecule has 2 N–H and O–H groups in total. The lowest BCUT2D eigenvalue weighted by Gasteiger charge is -2.08. The van der Waals surface area contributed by atoms with Crippen LogP contribution < -0.4 is 10.7 Å². The molecule has 0 radical (unpaired) electrons. The summed E-state index contributed by atoms with van der Waals surface area (Å²) in [5.41, 5.74) is 3.60. The number of benzene rings is 2. The molecule has 24 heavy (non-hydrogen) atoms. The summed E-state index contributed by atoms with van der Waals surface area (Å²) in [6.45, 7) is 3.59. The predicted octanol–water partition coefficient (Wildman–Crippen LogP) is 3.18. The van der Waals surface area contributed by atoms with Crippen molar-refractivity contribution in [3.05, 3.63) is 65.5 Å². The Bertz CT molecular complexity index is 755. The summed E-state index contributed by atoms with van der Waals surface area (Å²) < 4.78 is 13.4. The third kappa shape index (κ3) is 4.74. The van der Waals surface area contributed by atoms with Crippen molar-refractivity contribution in [1.29, 1.82) is 0 Å². The Labute approximate surface area is 139 Å². The zero-order chi connectivity index (χ0) is 17.5. The van der Waals surface area contributed by atoms with Crippen molar-refractivity contribution in [1.82, 2.24) is 5.43 Å². The van der Waals surface area contributed by atoms with Crippen LogP contribution in [0.25, 0.3) is 0 Å². The maximum absolute atomic E-state index is 13.4. The molecule has 0 heterocycles. The topological polar surface area (TPSA) is 70.6 Å². The molecule has 0 atom stereocenters. The zero-order valence-corrected chi connectivity index (χ0v) is 13.4. The third-order valence-corrected chi connectivity index (χ3v) is 3.21.